The molecule has 1 saturated heterocycles. The van der Waals surface area contributed by atoms with Gasteiger partial charge in [0, 0.05) is 70.2 Å². The second kappa shape index (κ2) is 9.47. The summed E-state index contributed by atoms with van der Waals surface area (Å²) in [7, 11) is 2.11. The summed E-state index contributed by atoms with van der Waals surface area (Å²) < 4.78 is 34.0. The Morgan fingerprint density at radius 3 is 2.53 bits per heavy atom. The molecule has 0 atom stereocenters. The summed E-state index contributed by atoms with van der Waals surface area (Å²) in [4.78, 5) is 5.04. The van der Waals surface area contributed by atoms with Crippen LogP contribution in [0.2, 0.25) is 0 Å². The number of anilines is 1. The summed E-state index contributed by atoms with van der Waals surface area (Å²) in [5, 5.41) is 3.39. The van der Waals surface area contributed by atoms with Crippen molar-refractivity contribution in [3.05, 3.63) is 24.0 Å². The molecule has 1 saturated carbocycles. The van der Waals surface area contributed by atoms with Crippen molar-refractivity contribution in [3.63, 3.8) is 0 Å². The van der Waals surface area contributed by atoms with Crippen molar-refractivity contribution in [1.29, 1.82) is 0 Å². The minimum absolute atomic E-state index is 0.0366. The third-order valence-corrected chi connectivity index (χ3v) is 7.73. The number of imidazole rings is 1. The normalized spacial score (nSPS) is 20.7. The van der Waals surface area contributed by atoms with E-state index in [1.807, 2.05) is 0 Å². The Morgan fingerprint density at radius 2 is 1.88 bits per heavy atom. The minimum atomic E-state index is -2.46. The van der Waals surface area contributed by atoms with Crippen LogP contribution in [0.3, 0.4) is 0 Å². The summed E-state index contributed by atoms with van der Waals surface area (Å²) in [6.07, 6.45) is 2.26. The lowest BCUT2D eigenvalue weighted by Crippen LogP contribution is -2.41. The Hall–Kier alpha value is -1.38. The average molecular weight is 466 g/mol. The molecule has 5 nitrogen and oxygen atoms in total. The quantitative estimate of drug-likeness (QED) is 0.574. The predicted molar refractivity (Wildman–Crippen MR) is 130 cm³/mol. The van der Waals surface area contributed by atoms with Crippen molar-refractivity contribution < 1.29 is 8.78 Å². The van der Waals surface area contributed by atoms with Crippen LogP contribution in [0.15, 0.2) is 18.2 Å². The molecular weight excluding hydrogens is 428 g/mol. The molecule has 8 heteroatoms. The third kappa shape index (κ3) is 5.57. The molecule has 0 spiro atoms. The molecule has 1 aromatic carbocycles. The van der Waals surface area contributed by atoms with Crippen LogP contribution in [0.5, 0.6) is 0 Å². The van der Waals surface area contributed by atoms with E-state index in [2.05, 4.69) is 64.5 Å². The molecule has 1 aromatic heterocycles. The molecule has 0 amide bonds. The first-order valence-corrected chi connectivity index (χ1v) is 12.6. The van der Waals surface area contributed by atoms with Crippen molar-refractivity contribution in [2.45, 2.75) is 70.8 Å². The fraction of sp³-hybridized carbons (Fsp3) is 0.708. The van der Waals surface area contributed by atoms with Crippen molar-refractivity contribution >= 4 is 28.9 Å². The maximum absolute atomic E-state index is 13.5. The van der Waals surface area contributed by atoms with Crippen LogP contribution in [0.25, 0.3) is 11.0 Å². The first kappa shape index (κ1) is 23.8. The van der Waals surface area contributed by atoms with Gasteiger partial charge in [0.15, 0.2) is 0 Å². The van der Waals surface area contributed by atoms with Gasteiger partial charge in [-0.1, -0.05) is 20.8 Å². The van der Waals surface area contributed by atoms with Gasteiger partial charge in [-0.05, 0) is 43.4 Å². The van der Waals surface area contributed by atoms with Gasteiger partial charge in [0.2, 0.25) is 5.92 Å². The number of aromatic nitrogens is 2. The van der Waals surface area contributed by atoms with Crippen LogP contribution in [0, 0.1) is 5.92 Å². The molecule has 32 heavy (non-hydrogen) atoms. The first-order chi connectivity index (χ1) is 15.1. The van der Waals surface area contributed by atoms with E-state index in [0.717, 1.165) is 61.7 Å². The van der Waals surface area contributed by atoms with Gasteiger partial charge in [-0.15, -0.1) is 0 Å². The molecule has 2 aliphatic rings. The number of nitrogens with one attached hydrogen (secondary N) is 1. The fourth-order valence-corrected chi connectivity index (χ4v) is 5.66. The van der Waals surface area contributed by atoms with Crippen LogP contribution in [0.1, 0.15) is 58.7 Å². The van der Waals surface area contributed by atoms with Gasteiger partial charge >= 0.3 is 0 Å². The van der Waals surface area contributed by atoms with E-state index in [-0.39, 0.29) is 18.3 Å². The second-order valence-electron chi connectivity index (χ2n) is 10.4. The van der Waals surface area contributed by atoms with Gasteiger partial charge in [-0.25, -0.2) is 18.1 Å². The highest BCUT2D eigenvalue weighted by Crippen LogP contribution is 2.38. The maximum atomic E-state index is 13.5. The van der Waals surface area contributed by atoms with E-state index < -0.39 is 5.92 Å². The van der Waals surface area contributed by atoms with Crippen LogP contribution < -0.4 is 9.62 Å². The van der Waals surface area contributed by atoms with Crippen LogP contribution in [-0.2, 0) is 12.0 Å². The Bertz CT molecular complexity index is 907. The summed E-state index contributed by atoms with van der Waals surface area (Å²) in [6.45, 7) is 11.5. The second-order valence-corrected chi connectivity index (χ2v) is 11.6. The molecule has 1 aliphatic carbocycles. The van der Waals surface area contributed by atoms with Gasteiger partial charge in [0.25, 0.3) is 0 Å². The number of hydrogen-bond donors (Lipinski definition) is 1. The summed E-state index contributed by atoms with van der Waals surface area (Å²) in [5.41, 5.74) is 3.21. The van der Waals surface area contributed by atoms with Crippen LogP contribution in [-0.4, -0.2) is 53.0 Å². The lowest BCUT2D eigenvalue weighted by molar-refractivity contribution is -0.0468. The molecule has 4 rings (SSSR count). The summed E-state index contributed by atoms with van der Waals surface area (Å²) in [6, 6.07) is 6.53. The number of alkyl halides is 2. The maximum Gasteiger partial charge on any atom is 0.248 e. The molecule has 1 aliphatic heterocycles. The highest BCUT2D eigenvalue weighted by Gasteiger charge is 2.35. The fourth-order valence-electron chi connectivity index (χ4n) is 4.76. The zero-order valence-electron chi connectivity index (χ0n) is 19.8. The monoisotopic (exact) mass is 465 g/mol. The third-order valence-electron chi connectivity index (χ3n) is 6.68. The van der Waals surface area contributed by atoms with Gasteiger partial charge in [0.05, 0.1) is 16.7 Å². The average Bonchev–Trinajstić information content (AvgIpc) is 3.12. The van der Waals surface area contributed by atoms with Crippen molar-refractivity contribution in [2.24, 2.45) is 5.92 Å². The number of rotatable bonds is 6. The molecular formula is C24H37F2N5S. The van der Waals surface area contributed by atoms with Crippen molar-refractivity contribution in [2.75, 3.05) is 37.5 Å². The summed E-state index contributed by atoms with van der Waals surface area (Å²) in [5.74, 6) is -1.01. The molecule has 2 aromatic rings. The van der Waals surface area contributed by atoms with E-state index >= 15 is 0 Å². The highest BCUT2D eigenvalue weighted by atomic mass is 32.2. The number of hydrogen-bond acceptors (Lipinski definition) is 5. The van der Waals surface area contributed by atoms with E-state index in [1.54, 1.807) is 12.1 Å². The Labute approximate surface area is 195 Å². The number of fused-ring (bicyclic) bond motifs is 1. The molecule has 2 fully saturated rings. The minimum Gasteiger partial charge on any atom is -0.328 e. The highest BCUT2D eigenvalue weighted by molar-refractivity contribution is 7.98. The molecule has 2 heterocycles. The lowest BCUT2D eigenvalue weighted by Gasteiger charge is -2.30. The Kier molecular flexibility index (Phi) is 7.03. The number of nitrogens with zero attached hydrogens (tertiary/aromatic N) is 4. The molecule has 1 N–H and O–H groups in total. The van der Waals surface area contributed by atoms with Crippen LogP contribution >= 0.6 is 12.1 Å². The number of piperazine rings is 1. The molecule has 0 unspecified atom stereocenters. The lowest BCUT2D eigenvalue weighted by atomic mass is 9.84. The number of aryl methyl sites for hydroxylation is 1. The first-order valence-electron chi connectivity index (χ1n) is 11.9. The zero-order valence-corrected chi connectivity index (χ0v) is 20.6. The SMILES string of the molecule is CN(SN1CCNCC1)c1ccc2c(c1)nc(C(C)(C)C)n2CCC1CCC(F)(F)CC1. The number of benzene rings is 1. The standard InChI is InChI=1S/C24H37F2N5S/c1-23(2,3)22-28-20-17-19(29(4)32-30-15-12-27-13-16-30)5-6-21(20)31(22)14-9-18-7-10-24(25,26)11-8-18/h5-6,17-18,27H,7-16H2,1-4H3. The molecule has 0 radical (unpaired) electrons. The van der Waals surface area contributed by atoms with E-state index in [1.165, 1.54) is 0 Å². The van der Waals surface area contributed by atoms with Crippen molar-refractivity contribution in [1.82, 2.24) is 19.2 Å². The number of halogens is 2. The smallest absolute Gasteiger partial charge is 0.248 e. The predicted octanol–water partition coefficient (Wildman–Crippen LogP) is 5.45. The van der Waals surface area contributed by atoms with E-state index in [4.69, 9.17) is 4.98 Å². The molecule has 178 valence electrons. The van der Waals surface area contributed by atoms with Gasteiger partial charge in [0.1, 0.15) is 5.82 Å². The van der Waals surface area contributed by atoms with Gasteiger partial charge < -0.3 is 14.2 Å². The van der Waals surface area contributed by atoms with Crippen LogP contribution in [0.4, 0.5) is 14.5 Å². The Balaban J connectivity index is 1.52. The van der Waals surface area contributed by atoms with E-state index in [9.17, 15) is 8.78 Å². The zero-order chi connectivity index (χ0) is 22.9. The Morgan fingerprint density at radius 1 is 1.19 bits per heavy atom. The molecule has 0 bridgehead atoms. The van der Waals surface area contributed by atoms with Gasteiger partial charge in [-0.2, -0.15) is 0 Å². The van der Waals surface area contributed by atoms with Gasteiger partial charge in [-0.3, -0.25) is 0 Å². The topological polar surface area (TPSA) is 36.3 Å². The van der Waals surface area contributed by atoms with E-state index in [0.29, 0.717) is 18.8 Å². The van der Waals surface area contributed by atoms with Crippen molar-refractivity contribution in [3.8, 4) is 0 Å². The largest absolute Gasteiger partial charge is 0.328 e. The summed E-state index contributed by atoms with van der Waals surface area (Å²) >= 11 is 1.76.